The van der Waals surface area contributed by atoms with Crippen LogP contribution in [0.2, 0.25) is 0 Å². The second-order valence-electron chi connectivity index (χ2n) is 6.36. The minimum absolute atomic E-state index is 0.0631. The van der Waals surface area contributed by atoms with Crippen molar-refractivity contribution in [1.29, 1.82) is 0 Å². The second kappa shape index (κ2) is 6.06. The highest BCUT2D eigenvalue weighted by atomic mass is 16.3. The Hall–Kier alpha value is -0.860. The van der Waals surface area contributed by atoms with Crippen molar-refractivity contribution < 1.29 is 5.11 Å². The zero-order valence-corrected chi connectivity index (χ0v) is 12.5. The molecule has 1 aliphatic rings. The minimum Gasteiger partial charge on any atom is -0.394 e. The van der Waals surface area contributed by atoms with Gasteiger partial charge in [-0.1, -0.05) is 38.0 Å². The number of rotatable bonds is 4. The van der Waals surface area contributed by atoms with E-state index < -0.39 is 0 Å². The number of aliphatic hydroxyl groups excluding tert-OH is 1. The molecule has 106 valence electrons. The molecule has 1 saturated carbocycles. The Balaban J connectivity index is 2.07. The van der Waals surface area contributed by atoms with E-state index in [-0.39, 0.29) is 12.1 Å². The molecule has 1 aromatic rings. The van der Waals surface area contributed by atoms with Crippen molar-refractivity contribution in [2.24, 2.45) is 5.92 Å². The Morgan fingerprint density at radius 3 is 2.58 bits per heavy atom. The molecule has 2 heteroatoms. The molecule has 19 heavy (non-hydrogen) atoms. The Labute approximate surface area is 117 Å². The van der Waals surface area contributed by atoms with E-state index in [9.17, 15) is 5.11 Å². The van der Waals surface area contributed by atoms with Gasteiger partial charge in [-0.05, 0) is 49.3 Å². The van der Waals surface area contributed by atoms with E-state index in [2.05, 4.69) is 44.3 Å². The van der Waals surface area contributed by atoms with E-state index in [0.717, 1.165) is 19.4 Å². The Bertz CT molecular complexity index is 409. The summed E-state index contributed by atoms with van der Waals surface area (Å²) in [6, 6.07) is 6.44. The summed E-state index contributed by atoms with van der Waals surface area (Å²) in [4.78, 5) is 0. The summed E-state index contributed by atoms with van der Waals surface area (Å²) in [5.74, 6) is 0.714. The summed E-state index contributed by atoms with van der Waals surface area (Å²) in [5, 5.41) is 13.5. The first kappa shape index (κ1) is 14.5. The summed E-state index contributed by atoms with van der Waals surface area (Å²) in [5.41, 5.74) is 3.99. The molecule has 2 rings (SSSR count). The lowest BCUT2D eigenvalue weighted by Gasteiger charge is -2.40. The van der Waals surface area contributed by atoms with Gasteiger partial charge in [-0.15, -0.1) is 0 Å². The van der Waals surface area contributed by atoms with Crippen LogP contribution in [0.15, 0.2) is 18.2 Å². The first-order chi connectivity index (χ1) is 9.06. The monoisotopic (exact) mass is 261 g/mol. The average molecular weight is 261 g/mol. The molecule has 2 atom stereocenters. The number of hydrogen-bond donors (Lipinski definition) is 2. The van der Waals surface area contributed by atoms with E-state index >= 15 is 0 Å². The molecular formula is C17H27NO. The molecule has 0 aromatic heterocycles. The summed E-state index contributed by atoms with van der Waals surface area (Å²) in [6.07, 6.45) is 4.71. The van der Waals surface area contributed by atoms with E-state index in [0.29, 0.717) is 5.92 Å². The molecule has 0 spiro atoms. The van der Waals surface area contributed by atoms with Crippen molar-refractivity contribution in [2.45, 2.75) is 58.5 Å². The van der Waals surface area contributed by atoms with Crippen LogP contribution in [0.25, 0.3) is 0 Å². The van der Waals surface area contributed by atoms with Gasteiger partial charge in [0.15, 0.2) is 0 Å². The average Bonchev–Trinajstić information content (AvgIpc) is 2.38. The van der Waals surface area contributed by atoms with Crippen LogP contribution < -0.4 is 5.32 Å². The van der Waals surface area contributed by atoms with Crippen LogP contribution in [0.1, 0.15) is 49.3 Å². The molecular weight excluding hydrogens is 234 g/mol. The highest BCUT2D eigenvalue weighted by Gasteiger charge is 2.33. The molecule has 1 aliphatic carbocycles. The van der Waals surface area contributed by atoms with Gasteiger partial charge in [0.2, 0.25) is 0 Å². The molecule has 2 N–H and O–H groups in total. The Morgan fingerprint density at radius 2 is 2.00 bits per heavy atom. The van der Waals surface area contributed by atoms with Crippen molar-refractivity contribution in [1.82, 2.24) is 5.32 Å². The SMILES string of the molecule is Cc1cccc(C)c1CNC1(CO)CCCC(C)C1. The predicted octanol–water partition coefficient (Wildman–Crippen LogP) is 3.33. The van der Waals surface area contributed by atoms with Gasteiger partial charge in [-0.3, -0.25) is 0 Å². The topological polar surface area (TPSA) is 32.3 Å². The van der Waals surface area contributed by atoms with Crippen LogP contribution in [-0.2, 0) is 6.54 Å². The summed E-state index contributed by atoms with van der Waals surface area (Å²) in [7, 11) is 0. The standard InChI is InChI=1S/C17H27NO/c1-13-6-5-9-17(10-13,12-19)18-11-16-14(2)7-4-8-15(16)3/h4,7-8,13,18-19H,5-6,9-12H2,1-3H3. The van der Waals surface area contributed by atoms with Crippen molar-refractivity contribution >= 4 is 0 Å². The van der Waals surface area contributed by atoms with E-state index in [1.807, 2.05) is 0 Å². The number of aryl methyl sites for hydroxylation is 2. The van der Waals surface area contributed by atoms with Crippen LogP contribution in [-0.4, -0.2) is 17.3 Å². The first-order valence-corrected chi connectivity index (χ1v) is 7.47. The molecule has 0 radical (unpaired) electrons. The zero-order valence-electron chi connectivity index (χ0n) is 12.5. The largest absolute Gasteiger partial charge is 0.394 e. The van der Waals surface area contributed by atoms with Gasteiger partial charge >= 0.3 is 0 Å². The quantitative estimate of drug-likeness (QED) is 0.871. The van der Waals surface area contributed by atoms with Crippen LogP contribution in [0.3, 0.4) is 0 Å². The third-order valence-electron chi connectivity index (χ3n) is 4.68. The summed E-state index contributed by atoms with van der Waals surface area (Å²) < 4.78 is 0. The van der Waals surface area contributed by atoms with Crippen LogP contribution >= 0.6 is 0 Å². The molecule has 0 saturated heterocycles. The third kappa shape index (κ3) is 3.37. The zero-order chi connectivity index (χ0) is 13.9. The molecule has 1 fully saturated rings. The molecule has 2 unspecified atom stereocenters. The van der Waals surface area contributed by atoms with Crippen molar-refractivity contribution in [3.8, 4) is 0 Å². The maximum Gasteiger partial charge on any atom is 0.0613 e. The van der Waals surface area contributed by atoms with Crippen LogP contribution in [0, 0.1) is 19.8 Å². The van der Waals surface area contributed by atoms with Crippen molar-refractivity contribution in [3.63, 3.8) is 0 Å². The van der Waals surface area contributed by atoms with Crippen molar-refractivity contribution in [3.05, 3.63) is 34.9 Å². The maximum atomic E-state index is 9.81. The van der Waals surface area contributed by atoms with Crippen LogP contribution in [0.4, 0.5) is 0 Å². The lowest BCUT2D eigenvalue weighted by Crippen LogP contribution is -2.51. The van der Waals surface area contributed by atoms with Gasteiger partial charge in [0.1, 0.15) is 0 Å². The molecule has 0 bridgehead atoms. The van der Waals surface area contributed by atoms with Gasteiger partial charge in [-0.2, -0.15) is 0 Å². The highest BCUT2D eigenvalue weighted by molar-refractivity contribution is 5.33. The van der Waals surface area contributed by atoms with E-state index in [1.54, 1.807) is 0 Å². The second-order valence-corrected chi connectivity index (χ2v) is 6.36. The summed E-state index contributed by atoms with van der Waals surface area (Å²) in [6.45, 7) is 7.75. The van der Waals surface area contributed by atoms with Gasteiger partial charge in [-0.25, -0.2) is 0 Å². The van der Waals surface area contributed by atoms with Gasteiger partial charge < -0.3 is 10.4 Å². The number of nitrogens with one attached hydrogen (secondary N) is 1. The van der Waals surface area contributed by atoms with Gasteiger partial charge in [0.25, 0.3) is 0 Å². The maximum absolute atomic E-state index is 9.81. The molecule has 0 heterocycles. The minimum atomic E-state index is -0.0631. The first-order valence-electron chi connectivity index (χ1n) is 7.47. The smallest absolute Gasteiger partial charge is 0.0613 e. The van der Waals surface area contributed by atoms with Crippen LogP contribution in [0.5, 0.6) is 0 Å². The Morgan fingerprint density at radius 1 is 1.32 bits per heavy atom. The fourth-order valence-corrected chi connectivity index (χ4v) is 3.42. The molecule has 2 nitrogen and oxygen atoms in total. The van der Waals surface area contributed by atoms with E-state index in [1.165, 1.54) is 29.5 Å². The number of benzene rings is 1. The summed E-state index contributed by atoms with van der Waals surface area (Å²) >= 11 is 0. The third-order valence-corrected chi connectivity index (χ3v) is 4.68. The van der Waals surface area contributed by atoms with E-state index in [4.69, 9.17) is 0 Å². The lowest BCUT2D eigenvalue weighted by atomic mass is 9.76. The number of aliphatic hydroxyl groups is 1. The Kier molecular flexibility index (Phi) is 4.64. The molecule has 1 aromatic carbocycles. The van der Waals surface area contributed by atoms with Gasteiger partial charge in [0, 0.05) is 12.1 Å². The van der Waals surface area contributed by atoms with Crippen molar-refractivity contribution in [2.75, 3.05) is 6.61 Å². The lowest BCUT2D eigenvalue weighted by molar-refractivity contribution is 0.0981. The fourth-order valence-electron chi connectivity index (χ4n) is 3.42. The normalized spacial score (nSPS) is 27.5. The predicted molar refractivity (Wildman–Crippen MR) is 80.2 cm³/mol. The molecule has 0 aliphatic heterocycles. The van der Waals surface area contributed by atoms with Gasteiger partial charge in [0.05, 0.1) is 6.61 Å². The molecule has 0 amide bonds. The fraction of sp³-hybridized carbons (Fsp3) is 0.647. The highest BCUT2D eigenvalue weighted by Crippen LogP contribution is 2.32. The number of hydrogen-bond acceptors (Lipinski definition) is 2.